The Morgan fingerprint density at radius 2 is 1.90 bits per heavy atom. The monoisotopic (exact) mass is 588 g/mol. The van der Waals surface area contributed by atoms with Gasteiger partial charge in [0.2, 0.25) is 5.91 Å². The summed E-state index contributed by atoms with van der Waals surface area (Å²) in [6.07, 6.45) is -2.03. The molecule has 2 saturated heterocycles. The van der Waals surface area contributed by atoms with Crippen molar-refractivity contribution in [1.82, 2.24) is 9.97 Å². The fraction of sp³-hybridized carbons (Fsp3) is 0.321. The SMILES string of the molecule is C=CC(=O)Nc1cc(Nc2cc(N3OCC[C@@H]3c3ccc(F)c(C(F)(F)F)c3)ncn2)c(OC)cc1N1CCOCC1. The number of hydrogen-bond donors (Lipinski definition) is 2. The van der Waals surface area contributed by atoms with Gasteiger partial charge in [0.05, 0.1) is 55.6 Å². The summed E-state index contributed by atoms with van der Waals surface area (Å²) in [7, 11) is 1.51. The summed E-state index contributed by atoms with van der Waals surface area (Å²) < 4.78 is 65.0. The van der Waals surface area contributed by atoms with Crippen LogP contribution >= 0.6 is 0 Å². The molecule has 14 heteroatoms. The third-order valence-electron chi connectivity index (χ3n) is 6.84. The molecule has 0 saturated carbocycles. The lowest BCUT2D eigenvalue weighted by molar-refractivity contribution is -0.140. The highest BCUT2D eigenvalue weighted by Gasteiger charge is 2.36. The molecule has 222 valence electrons. The second-order valence-electron chi connectivity index (χ2n) is 9.45. The zero-order valence-electron chi connectivity index (χ0n) is 22.6. The molecule has 0 unspecified atom stereocenters. The number of alkyl halides is 3. The van der Waals surface area contributed by atoms with E-state index < -0.39 is 29.5 Å². The number of nitrogens with one attached hydrogen (secondary N) is 2. The van der Waals surface area contributed by atoms with Gasteiger partial charge in [-0.1, -0.05) is 12.6 Å². The molecule has 1 amide bonds. The van der Waals surface area contributed by atoms with Crippen LogP contribution in [-0.4, -0.2) is 55.9 Å². The quantitative estimate of drug-likeness (QED) is 0.271. The largest absolute Gasteiger partial charge is 0.494 e. The Hall–Kier alpha value is -4.43. The first-order valence-corrected chi connectivity index (χ1v) is 13.0. The molecule has 2 aliphatic rings. The van der Waals surface area contributed by atoms with Crippen molar-refractivity contribution in [3.8, 4) is 5.75 Å². The summed E-state index contributed by atoms with van der Waals surface area (Å²) in [6.45, 7) is 6.07. The van der Waals surface area contributed by atoms with Gasteiger partial charge < -0.3 is 25.0 Å². The van der Waals surface area contributed by atoms with Gasteiger partial charge >= 0.3 is 6.18 Å². The molecule has 1 atom stereocenters. The minimum absolute atomic E-state index is 0.222. The summed E-state index contributed by atoms with van der Waals surface area (Å²) in [5.74, 6) is -0.673. The third-order valence-corrected chi connectivity index (χ3v) is 6.84. The van der Waals surface area contributed by atoms with Crippen LogP contribution in [0.4, 0.5) is 46.3 Å². The fourth-order valence-corrected chi connectivity index (χ4v) is 4.82. The van der Waals surface area contributed by atoms with E-state index in [0.29, 0.717) is 55.7 Å². The summed E-state index contributed by atoms with van der Waals surface area (Å²) in [5.41, 5.74) is 0.621. The predicted molar refractivity (Wildman–Crippen MR) is 147 cm³/mol. The smallest absolute Gasteiger partial charge is 0.419 e. The number of hydrogen-bond acceptors (Lipinski definition) is 9. The van der Waals surface area contributed by atoms with Crippen molar-refractivity contribution in [2.75, 3.05) is 60.6 Å². The Kier molecular flexibility index (Phi) is 8.45. The van der Waals surface area contributed by atoms with Crippen molar-refractivity contribution in [2.45, 2.75) is 18.6 Å². The molecule has 0 radical (unpaired) electrons. The zero-order chi connectivity index (χ0) is 29.9. The average Bonchev–Trinajstić information content (AvgIpc) is 3.48. The van der Waals surface area contributed by atoms with Gasteiger partial charge in [0.1, 0.15) is 23.7 Å². The minimum atomic E-state index is -4.84. The van der Waals surface area contributed by atoms with Crippen molar-refractivity contribution in [3.05, 3.63) is 72.3 Å². The molecule has 2 N–H and O–H groups in total. The van der Waals surface area contributed by atoms with Crippen molar-refractivity contribution in [2.24, 2.45) is 0 Å². The first kappa shape index (κ1) is 29.1. The molecule has 2 aliphatic heterocycles. The van der Waals surface area contributed by atoms with Gasteiger partial charge in [0.25, 0.3) is 0 Å². The van der Waals surface area contributed by atoms with Gasteiger partial charge in [0, 0.05) is 31.6 Å². The standard InChI is InChI=1S/C28H28F4N6O4/c1-3-27(39)36-20-13-21(24(40-2)14-23(20)37-7-10-41-11-8-37)35-25-15-26(34-16-33-25)38-22(6-9-42-38)17-4-5-19(29)18(12-17)28(30,31)32/h3-5,12-16,22H,1,6-11H2,2H3,(H,36,39)(H,33,34,35)/t22-/m1/s1. The number of ether oxygens (including phenoxy) is 2. The number of morpholine rings is 1. The summed E-state index contributed by atoms with van der Waals surface area (Å²) >= 11 is 0. The zero-order valence-corrected chi connectivity index (χ0v) is 22.6. The molecule has 2 fully saturated rings. The summed E-state index contributed by atoms with van der Waals surface area (Å²) in [4.78, 5) is 28.5. The molecular formula is C28H28F4N6O4. The van der Waals surface area contributed by atoms with Crippen molar-refractivity contribution in [1.29, 1.82) is 0 Å². The Morgan fingerprint density at radius 1 is 1.12 bits per heavy atom. The topological polar surface area (TPSA) is 101 Å². The maximum atomic E-state index is 13.9. The van der Waals surface area contributed by atoms with Crippen LogP contribution in [0.2, 0.25) is 0 Å². The Balaban J connectivity index is 1.44. The van der Waals surface area contributed by atoms with E-state index in [0.717, 1.165) is 17.8 Å². The number of anilines is 5. The van der Waals surface area contributed by atoms with Crippen LogP contribution in [0.5, 0.6) is 5.75 Å². The van der Waals surface area contributed by atoms with E-state index >= 15 is 0 Å². The van der Waals surface area contributed by atoms with E-state index in [2.05, 4.69) is 32.1 Å². The van der Waals surface area contributed by atoms with Crippen molar-refractivity contribution < 1.29 is 36.7 Å². The lowest BCUT2D eigenvalue weighted by atomic mass is 10.0. The third kappa shape index (κ3) is 6.24. The number of amides is 1. The maximum absolute atomic E-state index is 13.9. The van der Waals surface area contributed by atoms with E-state index in [1.165, 1.54) is 30.6 Å². The average molecular weight is 589 g/mol. The molecule has 1 aromatic heterocycles. The number of methoxy groups -OCH3 is 1. The molecule has 3 aromatic rings. The van der Waals surface area contributed by atoms with Crippen LogP contribution in [0.3, 0.4) is 0 Å². The van der Waals surface area contributed by atoms with Gasteiger partial charge in [-0.05, 0) is 29.8 Å². The van der Waals surface area contributed by atoms with Crippen LogP contribution in [0.15, 0.2) is 55.4 Å². The number of nitrogens with zero attached hydrogens (tertiary/aromatic N) is 4. The Labute approximate surface area is 238 Å². The molecule has 3 heterocycles. The van der Waals surface area contributed by atoms with E-state index in [1.807, 2.05) is 0 Å². The summed E-state index contributed by atoms with van der Waals surface area (Å²) in [5, 5.41) is 7.38. The Morgan fingerprint density at radius 3 is 2.62 bits per heavy atom. The van der Waals surface area contributed by atoms with E-state index in [4.69, 9.17) is 14.3 Å². The lowest BCUT2D eigenvalue weighted by Gasteiger charge is -2.31. The van der Waals surface area contributed by atoms with Crippen LogP contribution in [0.1, 0.15) is 23.6 Å². The molecule has 0 bridgehead atoms. The molecule has 42 heavy (non-hydrogen) atoms. The number of carbonyl (C=O) groups excluding carboxylic acids is 1. The van der Waals surface area contributed by atoms with Crippen LogP contribution in [-0.2, 0) is 20.5 Å². The number of aromatic nitrogens is 2. The highest BCUT2D eigenvalue weighted by molar-refractivity contribution is 6.02. The molecule has 5 rings (SSSR count). The summed E-state index contributed by atoms with van der Waals surface area (Å²) in [6, 6.07) is 7.32. The molecule has 10 nitrogen and oxygen atoms in total. The second kappa shape index (κ2) is 12.2. The first-order valence-electron chi connectivity index (χ1n) is 13.0. The van der Waals surface area contributed by atoms with Crippen LogP contribution < -0.4 is 25.3 Å². The predicted octanol–water partition coefficient (Wildman–Crippen LogP) is 5.23. The lowest BCUT2D eigenvalue weighted by Crippen LogP contribution is -2.36. The van der Waals surface area contributed by atoms with Crippen molar-refractivity contribution >= 4 is 34.6 Å². The van der Waals surface area contributed by atoms with E-state index in [1.54, 1.807) is 18.2 Å². The first-order chi connectivity index (χ1) is 20.2. The fourth-order valence-electron chi connectivity index (χ4n) is 4.82. The second-order valence-corrected chi connectivity index (χ2v) is 9.45. The van der Waals surface area contributed by atoms with Crippen LogP contribution in [0, 0.1) is 5.82 Å². The number of halogens is 4. The number of carbonyl (C=O) groups is 1. The molecule has 0 aliphatic carbocycles. The van der Waals surface area contributed by atoms with Gasteiger partial charge in [-0.15, -0.1) is 0 Å². The minimum Gasteiger partial charge on any atom is -0.494 e. The Bertz CT molecular complexity index is 1460. The van der Waals surface area contributed by atoms with Gasteiger partial charge in [0.15, 0.2) is 5.82 Å². The number of rotatable bonds is 8. The van der Waals surface area contributed by atoms with E-state index in [9.17, 15) is 22.4 Å². The highest BCUT2D eigenvalue weighted by Crippen LogP contribution is 2.41. The van der Waals surface area contributed by atoms with Crippen molar-refractivity contribution in [3.63, 3.8) is 0 Å². The molecule has 2 aromatic carbocycles. The van der Waals surface area contributed by atoms with Gasteiger partial charge in [-0.2, -0.15) is 13.2 Å². The normalized spacial score (nSPS) is 17.2. The van der Waals surface area contributed by atoms with E-state index in [-0.39, 0.29) is 18.0 Å². The number of hydroxylamine groups is 1. The highest BCUT2D eigenvalue weighted by atomic mass is 19.4. The van der Waals surface area contributed by atoms with Crippen LogP contribution in [0.25, 0.3) is 0 Å². The molecular weight excluding hydrogens is 560 g/mol. The van der Waals surface area contributed by atoms with Gasteiger partial charge in [-0.25, -0.2) is 19.4 Å². The maximum Gasteiger partial charge on any atom is 0.419 e. The molecule has 0 spiro atoms. The van der Waals surface area contributed by atoms with Gasteiger partial charge in [-0.3, -0.25) is 9.63 Å². The number of benzene rings is 2.